The molecule has 1 unspecified atom stereocenters. The van der Waals surface area contributed by atoms with Crippen molar-refractivity contribution in [2.24, 2.45) is 0 Å². The zero-order chi connectivity index (χ0) is 26.9. The van der Waals surface area contributed by atoms with E-state index in [9.17, 15) is 9.59 Å². The largest absolute Gasteiger partial charge is 0.493 e. The highest BCUT2D eigenvalue weighted by Crippen LogP contribution is 2.29. The van der Waals surface area contributed by atoms with Crippen LogP contribution in [0.25, 0.3) is 0 Å². The molecule has 6 heteroatoms. The summed E-state index contributed by atoms with van der Waals surface area (Å²) in [6.07, 6.45) is 23.3. The maximum Gasteiger partial charge on any atom is 0.260 e. The minimum atomic E-state index is -0.332. The van der Waals surface area contributed by atoms with Gasteiger partial charge in [-0.1, -0.05) is 89.7 Å². The molecule has 0 saturated heterocycles. The minimum absolute atomic E-state index is 0.0578. The summed E-state index contributed by atoms with van der Waals surface area (Å²) in [5.74, 6) is 0.514. The van der Waals surface area contributed by atoms with Gasteiger partial charge in [-0.25, -0.2) is 0 Å². The van der Waals surface area contributed by atoms with E-state index in [1.165, 1.54) is 76.0 Å². The number of methoxy groups -OCH3 is 1. The Morgan fingerprint density at radius 3 is 2.08 bits per heavy atom. The number of imide groups is 1. The van der Waals surface area contributed by atoms with Crippen LogP contribution in [0.3, 0.4) is 0 Å². The lowest BCUT2D eigenvalue weighted by atomic mass is 10.1. The maximum absolute atomic E-state index is 13.3. The second-order valence-electron chi connectivity index (χ2n) is 10.00. The summed E-state index contributed by atoms with van der Waals surface area (Å²) in [5.41, 5.74) is 0.415. The molecule has 0 fully saturated rings. The lowest BCUT2D eigenvalue weighted by Gasteiger charge is -2.30. The Bertz CT molecular complexity index is 880. The van der Waals surface area contributed by atoms with Crippen molar-refractivity contribution in [2.75, 3.05) is 27.3 Å². The van der Waals surface area contributed by atoms with E-state index in [1.54, 1.807) is 25.3 Å². The summed E-state index contributed by atoms with van der Waals surface area (Å²) in [4.78, 5) is 28.9. The van der Waals surface area contributed by atoms with Crippen LogP contribution in [0.1, 0.15) is 101 Å². The van der Waals surface area contributed by atoms with Gasteiger partial charge < -0.3 is 14.4 Å². The van der Waals surface area contributed by atoms with E-state index in [0.29, 0.717) is 23.7 Å². The molecule has 0 spiro atoms. The van der Waals surface area contributed by atoms with Crippen molar-refractivity contribution < 1.29 is 19.1 Å². The Morgan fingerprint density at radius 1 is 0.892 bits per heavy atom. The lowest BCUT2D eigenvalue weighted by molar-refractivity contribution is -0.126. The van der Waals surface area contributed by atoms with E-state index >= 15 is 0 Å². The molecular formula is C31H48N2O4. The summed E-state index contributed by atoms with van der Waals surface area (Å²) < 4.78 is 11.5. The molecule has 1 aliphatic rings. The number of allylic oxidation sites excluding steroid dienone is 2. The average Bonchev–Trinajstić information content (AvgIpc) is 2.90. The highest BCUT2D eigenvalue weighted by atomic mass is 16.5. The van der Waals surface area contributed by atoms with Gasteiger partial charge in [0, 0.05) is 19.5 Å². The first-order chi connectivity index (χ1) is 18.0. The van der Waals surface area contributed by atoms with Gasteiger partial charge in [0.1, 0.15) is 0 Å². The predicted molar refractivity (Wildman–Crippen MR) is 151 cm³/mol. The van der Waals surface area contributed by atoms with Crippen molar-refractivity contribution in [3.05, 3.63) is 48.2 Å². The number of likely N-dealkylation sites (N-methyl/N-ethyl adjacent to an activating group) is 1. The van der Waals surface area contributed by atoms with E-state index in [-0.39, 0.29) is 24.4 Å². The number of carbonyl (C=O) groups excluding carboxylic acids is 2. The Labute approximate surface area is 224 Å². The number of unbranched alkanes of at least 4 members (excludes halogenated alkanes) is 11. The van der Waals surface area contributed by atoms with Gasteiger partial charge in [-0.3, -0.25) is 14.5 Å². The molecule has 206 valence electrons. The molecule has 1 aromatic carbocycles. The minimum Gasteiger partial charge on any atom is -0.493 e. The van der Waals surface area contributed by atoms with Gasteiger partial charge in [-0.2, -0.15) is 0 Å². The molecule has 0 saturated carbocycles. The molecule has 37 heavy (non-hydrogen) atoms. The second-order valence-corrected chi connectivity index (χ2v) is 10.00. The molecule has 0 aliphatic carbocycles. The van der Waals surface area contributed by atoms with Crippen molar-refractivity contribution in [3.8, 4) is 11.5 Å². The molecule has 0 bridgehead atoms. The zero-order valence-electron chi connectivity index (χ0n) is 23.5. The summed E-state index contributed by atoms with van der Waals surface area (Å²) >= 11 is 0. The normalized spacial score (nSPS) is 14.6. The monoisotopic (exact) mass is 512 g/mol. The van der Waals surface area contributed by atoms with Crippen LogP contribution in [0.15, 0.2) is 42.6 Å². The number of carbonyl (C=O) groups is 2. The van der Waals surface area contributed by atoms with Gasteiger partial charge in [-0.15, -0.1) is 0 Å². The smallest absolute Gasteiger partial charge is 0.260 e. The topological polar surface area (TPSA) is 59.1 Å². The fourth-order valence-electron chi connectivity index (χ4n) is 4.56. The third kappa shape index (κ3) is 11.0. The number of nitrogens with zero attached hydrogens (tertiary/aromatic N) is 2. The molecule has 2 amide bonds. The SMILES string of the molecule is CCCCCCCCCCCCCCOc1cc(C(=O)N(CC2C=CC=CN2C)C(C)=O)ccc1OC. The number of benzene rings is 1. The first-order valence-electron chi connectivity index (χ1n) is 14.2. The highest BCUT2D eigenvalue weighted by Gasteiger charge is 2.25. The second kappa shape index (κ2) is 17.7. The highest BCUT2D eigenvalue weighted by molar-refractivity contribution is 6.04. The first kappa shape index (κ1) is 30.5. The fourth-order valence-corrected chi connectivity index (χ4v) is 4.56. The van der Waals surface area contributed by atoms with Gasteiger partial charge in [0.2, 0.25) is 5.91 Å². The number of rotatable bonds is 18. The van der Waals surface area contributed by atoms with E-state index in [2.05, 4.69) is 6.92 Å². The van der Waals surface area contributed by atoms with Crippen molar-refractivity contribution in [1.82, 2.24) is 9.80 Å². The Kier molecular flexibility index (Phi) is 14.5. The Hall–Kier alpha value is -2.76. The van der Waals surface area contributed by atoms with E-state index in [0.717, 1.165) is 12.8 Å². The van der Waals surface area contributed by atoms with Crippen LogP contribution in [-0.2, 0) is 4.79 Å². The van der Waals surface area contributed by atoms with Gasteiger partial charge >= 0.3 is 0 Å². The quantitative estimate of drug-likeness (QED) is 0.196. The van der Waals surface area contributed by atoms with Gasteiger partial charge in [0.15, 0.2) is 11.5 Å². The van der Waals surface area contributed by atoms with Crippen molar-refractivity contribution >= 4 is 11.8 Å². The van der Waals surface area contributed by atoms with Gasteiger partial charge in [0.05, 0.1) is 26.3 Å². The van der Waals surface area contributed by atoms with Crippen LogP contribution in [0, 0.1) is 0 Å². The molecule has 0 aromatic heterocycles. The Morgan fingerprint density at radius 2 is 1.51 bits per heavy atom. The van der Waals surface area contributed by atoms with E-state index in [4.69, 9.17) is 9.47 Å². The molecule has 0 N–H and O–H groups in total. The Balaban J connectivity index is 1.78. The third-order valence-corrected chi connectivity index (χ3v) is 6.95. The number of hydrogen-bond acceptors (Lipinski definition) is 5. The summed E-state index contributed by atoms with van der Waals surface area (Å²) in [6, 6.07) is 5.06. The molecular weight excluding hydrogens is 464 g/mol. The first-order valence-corrected chi connectivity index (χ1v) is 14.2. The molecule has 1 heterocycles. The molecule has 0 radical (unpaired) electrons. The van der Waals surface area contributed by atoms with Crippen LogP contribution in [0.4, 0.5) is 0 Å². The number of amides is 2. The fraction of sp³-hybridized carbons (Fsp3) is 0.613. The van der Waals surface area contributed by atoms with Crippen LogP contribution < -0.4 is 9.47 Å². The average molecular weight is 513 g/mol. The molecule has 1 aliphatic heterocycles. The van der Waals surface area contributed by atoms with Crippen LogP contribution in [0.2, 0.25) is 0 Å². The number of hydrogen-bond donors (Lipinski definition) is 0. The van der Waals surface area contributed by atoms with Gasteiger partial charge in [-0.05, 0) is 36.9 Å². The van der Waals surface area contributed by atoms with Crippen molar-refractivity contribution in [3.63, 3.8) is 0 Å². The molecule has 1 aromatic rings. The van der Waals surface area contributed by atoms with Crippen LogP contribution in [-0.4, -0.2) is 55.0 Å². The van der Waals surface area contributed by atoms with Crippen LogP contribution in [0.5, 0.6) is 11.5 Å². The number of ether oxygens (including phenoxy) is 2. The lowest BCUT2D eigenvalue weighted by Crippen LogP contribution is -2.44. The molecule has 6 nitrogen and oxygen atoms in total. The zero-order valence-corrected chi connectivity index (χ0v) is 23.5. The summed E-state index contributed by atoms with van der Waals surface area (Å²) in [7, 11) is 3.52. The van der Waals surface area contributed by atoms with E-state index < -0.39 is 0 Å². The molecule has 2 rings (SSSR count). The summed E-state index contributed by atoms with van der Waals surface area (Å²) in [5, 5.41) is 0. The third-order valence-electron chi connectivity index (χ3n) is 6.95. The predicted octanol–water partition coefficient (Wildman–Crippen LogP) is 7.15. The summed E-state index contributed by atoms with van der Waals surface area (Å²) in [6.45, 7) is 4.55. The van der Waals surface area contributed by atoms with Crippen molar-refractivity contribution in [1.29, 1.82) is 0 Å². The van der Waals surface area contributed by atoms with E-state index in [1.807, 2.05) is 36.4 Å². The van der Waals surface area contributed by atoms with Crippen molar-refractivity contribution in [2.45, 2.75) is 96.9 Å². The van der Waals surface area contributed by atoms with Crippen LogP contribution >= 0.6 is 0 Å². The molecule has 1 atom stereocenters. The maximum atomic E-state index is 13.3. The van der Waals surface area contributed by atoms with Gasteiger partial charge in [0.25, 0.3) is 5.91 Å². The standard InChI is InChI=1S/C31H48N2O4/c1-5-6-7-8-9-10-11-12-13-14-15-18-23-37-30-24-27(20-21-29(30)36-4)31(35)33(26(2)34)25-28-19-16-17-22-32(28)3/h16-17,19-22,24,28H,5-15,18,23,25H2,1-4H3.